The van der Waals surface area contributed by atoms with Gasteiger partial charge in [0.2, 0.25) is 0 Å². The molecule has 0 aliphatic heterocycles. The van der Waals surface area contributed by atoms with Crippen LogP contribution in [0.3, 0.4) is 0 Å². The van der Waals surface area contributed by atoms with Gasteiger partial charge in [-0.1, -0.05) is 18.2 Å². The highest BCUT2D eigenvalue weighted by Crippen LogP contribution is 2.16. The summed E-state index contributed by atoms with van der Waals surface area (Å²) in [5, 5.41) is 4.64. The van der Waals surface area contributed by atoms with Crippen molar-refractivity contribution in [2.24, 2.45) is 12.0 Å². The lowest BCUT2D eigenvalue weighted by molar-refractivity contribution is 0.461. The molecule has 134 valence electrons. The van der Waals surface area contributed by atoms with Gasteiger partial charge < -0.3 is 19.8 Å². The minimum atomic E-state index is 0. The number of guanidine groups is 1. The van der Waals surface area contributed by atoms with E-state index in [4.69, 9.17) is 0 Å². The van der Waals surface area contributed by atoms with E-state index in [1.165, 1.54) is 11.1 Å². The van der Waals surface area contributed by atoms with Crippen LogP contribution in [0, 0.1) is 0 Å². The lowest BCUT2D eigenvalue weighted by Crippen LogP contribution is -2.38. The Labute approximate surface area is 173 Å². The van der Waals surface area contributed by atoms with Crippen molar-refractivity contribution in [3.05, 3.63) is 58.5 Å². The average molecular weight is 516 g/mol. The summed E-state index contributed by atoms with van der Waals surface area (Å²) >= 11 is 3.52. The number of aryl methyl sites for hydroxylation is 1. The van der Waals surface area contributed by atoms with Gasteiger partial charge in [-0.2, -0.15) is 0 Å². The summed E-state index contributed by atoms with van der Waals surface area (Å²) in [5.74, 6) is 0.867. The molecule has 2 heterocycles. The minimum absolute atomic E-state index is 0. The zero-order chi connectivity index (χ0) is 17.1. The molecule has 0 amide bonds. The van der Waals surface area contributed by atoms with Gasteiger partial charge in [-0.3, -0.25) is 4.99 Å². The summed E-state index contributed by atoms with van der Waals surface area (Å²) in [5.41, 5.74) is 3.52. The number of nitrogens with zero attached hydrogens (tertiary/aromatic N) is 3. The molecule has 0 atom stereocenters. The predicted molar refractivity (Wildman–Crippen MR) is 118 cm³/mol. The van der Waals surface area contributed by atoms with Gasteiger partial charge in [0.1, 0.15) is 0 Å². The van der Waals surface area contributed by atoms with Gasteiger partial charge in [-0.05, 0) is 39.5 Å². The first-order chi connectivity index (χ1) is 11.6. The number of H-pyrrole nitrogens is 1. The molecule has 0 saturated heterocycles. The summed E-state index contributed by atoms with van der Waals surface area (Å²) in [7, 11) is 5.90. The van der Waals surface area contributed by atoms with Crippen LogP contribution in [-0.4, -0.2) is 34.5 Å². The van der Waals surface area contributed by atoms with Crippen LogP contribution in [0.1, 0.15) is 11.4 Å². The van der Waals surface area contributed by atoms with Crippen molar-refractivity contribution in [2.45, 2.75) is 13.1 Å². The van der Waals surface area contributed by atoms with Gasteiger partial charge in [0.25, 0.3) is 0 Å². The zero-order valence-corrected chi connectivity index (χ0v) is 18.5. The minimum Gasteiger partial charge on any atom is -0.357 e. The second-order valence-corrected chi connectivity index (χ2v) is 6.81. The highest BCUT2D eigenvalue weighted by molar-refractivity contribution is 14.0. The van der Waals surface area contributed by atoms with Crippen LogP contribution in [0.25, 0.3) is 10.9 Å². The van der Waals surface area contributed by atoms with Gasteiger partial charge in [-0.25, -0.2) is 0 Å². The number of benzene rings is 1. The number of rotatable bonds is 4. The summed E-state index contributed by atoms with van der Waals surface area (Å²) in [6, 6.07) is 12.6. The first-order valence-corrected chi connectivity index (χ1v) is 8.65. The van der Waals surface area contributed by atoms with Crippen LogP contribution < -0.4 is 5.32 Å². The Balaban J connectivity index is 0.00000225. The fourth-order valence-corrected chi connectivity index (χ4v) is 3.40. The van der Waals surface area contributed by atoms with E-state index < -0.39 is 0 Å². The van der Waals surface area contributed by atoms with E-state index in [1.54, 1.807) is 0 Å². The van der Waals surface area contributed by atoms with Crippen LogP contribution in [-0.2, 0) is 20.1 Å². The number of halogens is 2. The van der Waals surface area contributed by atoms with E-state index in [1.807, 2.05) is 20.2 Å². The predicted octanol–water partition coefficient (Wildman–Crippen LogP) is 4.09. The first kappa shape index (κ1) is 19.8. The van der Waals surface area contributed by atoms with Crippen LogP contribution >= 0.6 is 39.9 Å². The van der Waals surface area contributed by atoms with Crippen molar-refractivity contribution in [3.8, 4) is 0 Å². The number of aromatic nitrogens is 2. The van der Waals surface area contributed by atoms with E-state index >= 15 is 0 Å². The average Bonchev–Trinajstić information content (AvgIpc) is 3.10. The molecule has 0 unspecified atom stereocenters. The lowest BCUT2D eigenvalue weighted by Gasteiger charge is -2.22. The summed E-state index contributed by atoms with van der Waals surface area (Å²) in [6.45, 7) is 1.50. The number of fused-ring (bicyclic) bond motifs is 1. The first-order valence-electron chi connectivity index (χ1n) is 7.86. The number of aliphatic imine (C=N–C) groups is 1. The third-order valence-corrected chi connectivity index (χ3v) is 4.50. The van der Waals surface area contributed by atoms with E-state index in [0.29, 0.717) is 6.54 Å². The van der Waals surface area contributed by atoms with Crippen molar-refractivity contribution >= 4 is 56.8 Å². The van der Waals surface area contributed by atoms with Gasteiger partial charge in [0.05, 0.1) is 13.1 Å². The van der Waals surface area contributed by atoms with Crippen molar-refractivity contribution in [2.75, 3.05) is 14.1 Å². The fraction of sp³-hybridized carbons (Fsp3) is 0.278. The monoisotopic (exact) mass is 515 g/mol. The number of hydrogen-bond acceptors (Lipinski definition) is 1. The van der Waals surface area contributed by atoms with E-state index in [-0.39, 0.29) is 24.0 Å². The maximum Gasteiger partial charge on any atom is 0.194 e. The van der Waals surface area contributed by atoms with Gasteiger partial charge in [-0.15, -0.1) is 24.0 Å². The van der Waals surface area contributed by atoms with E-state index in [2.05, 4.69) is 84.3 Å². The molecule has 0 aliphatic rings. The SMILES string of the molecule is CN=C(NCc1cc2ccccc2[nH]1)N(C)Cc1cc(Br)cn1C.I. The highest BCUT2D eigenvalue weighted by atomic mass is 127. The number of aromatic amines is 1. The van der Waals surface area contributed by atoms with Crippen LogP contribution in [0.4, 0.5) is 0 Å². The number of nitrogens with one attached hydrogen (secondary N) is 2. The smallest absolute Gasteiger partial charge is 0.194 e. The van der Waals surface area contributed by atoms with Crippen molar-refractivity contribution < 1.29 is 0 Å². The molecule has 2 N–H and O–H groups in total. The summed E-state index contributed by atoms with van der Waals surface area (Å²) in [6.07, 6.45) is 2.06. The molecule has 0 bridgehead atoms. The molecule has 2 aromatic heterocycles. The summed E-state index contributed by atoms with van der Waals surface area (Å²) in [4.78, 5) is 9.93. The normalized spacial score (nSPS) is 11.4. The molecule has 0 saturated carbocycles. The highest BCUT2D eigenvalue weighted by Gasteiger charge is 2.10. The zero-order valence-electron chi connectivity index (χ0n) is 14.6. The molecule has 0 aliphatic carbocycles. The van der Waals surface area contributed by atoms with Crippen molar-refractivity contribution in [1.29, 1.82) is 0 Å². The Morgan fingerprint density at radius 1 is 1.32 bits per heavy atom. The molecule has 0 radical (unpaired) electrons. The van der Waals surface area contributed by atoms with Crippen LogP contribution in [0.15, 0.2) is 52.1 Å². The molecular formula is C18H23BrIN5. The van der Waals surface area contributed by atoms with Crippen LogP contribution in [0.5, 0.6) is 0 Å². The Kier molecular flexibility index (Phi) is 6.95. The molecule has 7 heteroatoms. The molecular weight excluding hydrogens is 493 g/mol. The number of para-hydroxylation sites is 1. The molecule has 3 rings (SSSR count). The largest absolute Gasteiger partial charge is 0.357 e. The Morgan fingerprint density at radius 3 is 2.72 bits per heavy atom. The number of hydrogen-bond donors (Lipinski definition) is 2. The Morgan fingerprint density at radius 2 is 2.08 bits per heavy atom. The molecule has 5 nitrogen and oxygen atoms in total. The quantitative estimate of drug-likeness (QED) is 0.312. The molecule has 25 heavy (non-hydrogen) atoms. The fourth-order valence-electron chi connectivity index (χ4n) is 2.83. The molecule has 1 aromatic carbocycles. The third kappa shape index (κ3) is 4.78. The Hall–Kier alpha value is -1.48. The standard InChI is InChI=1S/C18H22BrN5.HI/c1-20-18(24(3)12-16-9-14(19)11-23(16)2)21-10-15-8-13-6-4-5-7-17(13)22-15;/h4-9,11,22H,10,12H2,1-3H3,(H,20,21);1H. The third-order valence-electron chi connectivity index (χ3n) is 4.07. The maximum atomic E-state index is 4.39. The topological polar surface area (TPSA) is 48.4 Å². The Bertz CT molecular complexity index is 834. The van der Waals surface area contributed by atoms with Crippen molar-refractivity contribution in [1.82, 2.24) is 19.8 Å². The van der Waals surface area contributed by atoms with E-state index in [9.17, 15) is 0 Å². The second-order valence-electron chi connectivity index (χ2n) is 5.90. The molecule has 0 fully saturated rings. The van der Waals surface area contributed by atoms with Crippen molar-refractivity contribution in [3.63, 3.8) is 0 Å². The maximum absolute atomic E-state index is 4.39. The second kappa shape index (κ2) is 8.75. The summed E-state index contributed by atoms with van der Waals surface area (Å²) < 4.78 is 3.21. The van der Waals surface area contributed by atoms with E-state index in [0.717, 1.165) is 28.2 Å². The van der Waals surface area contributed by atoms with Gasteiger partial charge >= 0.3 is 0 Å². The van der Waals surface area contributed by atoms with Gasteiger partial charge in [0, 0.05) is 48.7 Å². The molecule has 0 spiro atoms. The molecule has 3 aromatic rings. The lowest BCUT2D eigenvalue weighted by atomic mass is 10.2. The van der Waals surface area contributed by atoms with Gasteiger partial charge in [0.15, 0.2) is 5.96 Å². The van der Waals surface area contributed by atoms with Crippen LogP contribution in [0.2, 0.25) is 0 Å².